The van der Waals surface area contributed by atoms with Crippen LogP contribution in [0.15, 0.2) is 6.07 Å². The van der Waals surface area contributed by atoms with Gasteiger partial charge in [0, 0.05) is 16.5 Å². The quantitative estimate of drug-likeness (QED) is 0.823. The predicted octanol–water partition coefficient (Wildman–Crippen LogP) is 1.99. The fourth-order valence-corrected chi connectivity index (χ4v) is 1.70. The van der Waals surface area contributed by atoms with Gasteiger partial charge in [0.15, 0.2) is 0 Å². The molecule has 0 amide bonds. The third-order valence-corrected chi connectivity index (χ3v) is 2.34. The topological polar surface area (TPSA) is 59.1 Å². The van der Waals surface area contributed by atoms with Crippen molar-refractivity contribution in [1.29, 1.82) is 0 Å². The molecule has 0 radical (unpaired) electrons. The first-order chi connectivity index (χ1) is 6.60. The van der Waals surface area contributed by atoms with E-state index < -0.39 is 13.0 Å². The molecule has 0 spiro atoms. The highest BCUT2D eigenvalue weighted by Crippen LogP contribution is 2.28. The number of halogens is 3. The van der Waals surface area contributed by atoms with E-state index in [0.717, 1.165) is 6.07 Å². The van der Waals surface area contributed by atoms with E-state index in [9.17, 15) is 8.78 Å². The minimum atomic E-state index is -2.61. The van der Waals surface area contributed by atoms with Crippen LogP contribution >= 0.6 is 15.9 Å². The summed E-state index contributed by atoms with van der Waals surface area (Å²) in [5, 5.41) is 8.98. The Morgan fingerprint density at radius 1 is 1.57 bits per heavy atom. The molecule has 0 saturated carbocycles. The molecule has 0 aliphatic heterocycles. The number of nitrogen functional groups attached to an aromatic ring is 1. The highest BCUT2D eigenvalue weighted by Gasteiger charge is 2.16. The normalized spacial score (nSPS) is 10.9. The molecule has 1 rings (SSSR count). The molecular weight excluding hydrogens is 258 g/mol. The van der Waals surface area contributed by atoms with Gasteiger partial charge in [-0.05, 0) is 6.07 Å². The third kappa shape index (κ3) is 2.19. The van der Waals surface area contributed by atoms with Crippen molar-refractivity contribution in [3.05, 3.63) is 22.9 Å². The van der Waals surface area contributed by atoms with Crippen molar-refractivity contribution >= 4 is 21.7 Å². The van der Waals surface area contributed by atoms with E-state index in [2.05, 4.69) is 20.9 Å². The van der Waals surface area contributed by atoms with Gasteiger partial charge in [0.2, 0.25) is 0 Å². The smallest absolute Gasteiger partial charge is 0.264 e. The van der Waals surface area contributed by atoms with Gasteiger partial charge in [-0.15, -0.1) is 0 Å². The molecule has 1 aromatic rings. The average Bonchev–Trinajstić information content (AvgIpc) is 2.16. The lowest BCUT2D eigenvalue weighted by Gasteiger charge is -2.10. The summed E-state index contributed by atoms with van der Waals surface area (Å²) in [6.07, 6.45) is -2.61. The second-order valence-corrected chi connectivity index (χ2v) is 3.22. The first-order valence-corrected chi connectivity index (χ1v) is 4.95. The summed E-state index contributed by atoms with van der Waals surface area (Å²) in [6, 6.07) is 1.16. The van der Waals surface area contributed by atoms with E-state index in [-0.39, 0.29) is 28.0 Å². The third-order valence-electron chi connectivity index (χ3n) is 1.77. The van der Waals surface area contributed by atoms with Gasteiger partial charge in [-0.1, -0.05) is 15.9 Å². The monoisotopic (exact) mass is 266 g/mol. The zero-order chi connectivity index (χ0) is 10.7. The summed E-state index contributed by atoms with van der Waals surface area (Å²) in [4.78, 5) is 3.77. The molecule has 0 atom stereocenters. The van der Waals surface area contributed by atoms with Crippen molar-refractivity contribution in [2.24, 2.45) is 0 Å². The fourth-order valence-electron chi connectivity index (χ4n) is 1.09. The maximum absolute atomic E-state index is 12.5. The van der Waals surface area contributed by atoms with Gasteiger partial charge < -0.3 is 10.8 Å². The van der Waals surface area contributed by atoms with Gasteiger partial charge in [-0.2, -0.15) is 0 Å². The summed E-state index contributed by atoms with van der Waals surface area (Å²) in [5.41, 5.74) is 5.71. The van der Waals surface area contributed by atoms with Crippen molar-refractivity contribution in [3.63, 3.8) is 0 Å². The zero-order valence-electron chi connectivity index (χ0n) is 7.17. The van der Waals surface area contributed by atoms with Crippen LogP contribution < -0.4 is 5.73 Å². The number of hydrogen-bond acceptors (Lipinski definition) is 3. The molecule has 0 bridgehead atoms. The van der Waals surface area contributed by atoms with Crippen LogP contribution in [0.5, 0.6) is 0 Å². The van der Waals surface area contributed by atoms with E-state index in [1.165, 1.54) is 0 Å². The lowest BCUT2D eigenvalue weighted by Crippen LogP contribution is -2.05. The Labute approximate surface area is 88.1 Å². The van der Waals surface area contributed by atoms with E-state index in [0.29, 0.717) is 0 Å². The molecule has 0 aliphatic rings. The number of hydrogen-bond donors (Lipinski definition) is 2. The first-order valence-electron chi connectivity index (χ1n) is 3.83. The second-order valence-electron chi connectivity index (χ2n) is 2.66. The van der Waals surface area contributed by atoms with E-state index >= 15 is 0 Å². The van der Waals surface area contributed by atoms with Crippen LogP contribution in [-0.2, 0) is 11.9 Å². The van der Waals surface area contributed by atoms with Crippen LogP contribution in [-0.4, -0.2) is 10.1 Å². The number of aromatic nitrogens is 1. The molecule has 0 aromatic carbocycles. The van der Waals surface area contributed by atoms with Crippen LogP contribution in [0.3, 0.4) is 0 Å². The Hall–Kier alpha value is -0.750. The number of alkyl halides is 3. The number of nitrogens with zero attached hydrogens (tertiary/aromatic N) is 1. The summed E-state index contributed by atoms with van der Waals surface area (Å²) in [5.74, 6) is 0.0312. The standard InChI is InChI=1S/C8H9BrF2N2O/c9-2-6-5(7(10)11)1-4(3-14)13-8(6)12/h1,7,14H,2-3H2,(H2,12,13). The van der Waals surface area contributed by atoms with Crippen molar-refractivity contribution in [2.45, 2.75) is 18.4 Å². The first kappa shape index (κ1) is 11.3. The molecule has 0 aliphatic carbocycles. The van der Waals surface area contributed by atoms with Crippen LogP contribution in [0.4, 0.5) is 14.6 Å². The van der Waals surface area contributed by atoms with Gasteiger partial charge in [0.25, 0.3) is 6.43 Å². The molecule has 0 fully saturated rings. The van der Waals surface area contributed by atoms with E-state index in [1.54, 1.807) is 0 Å². The Kier molecular flexibility index (Phi) is 3.77. The minimum absolute atomic E-state index is 0.0312. The van der Waals surface area contributed by atoms with Crippen LogP contribution in [0.1, 0.15) is 23.2 Å². The molecule has 0 unspecified atom stereocenters. The van der Waals surface area contributed by atoms with Crippen molar-refractivity contribution in [1.82, 2.24) is 4.98 Å². The van der Waals surface area contributed by atoms with Crippen molar-refractivity contribution < 1.29 is 13.9 Å². The number of pyridine rings is 1. The fraction of sp³-hybridized carbons (Fsp3) is 0.375. The average molecular weight is 267 g/mol. The molecule has 3 N–H and O–H groups in total. The second kappa shape index (κ2) is 4.65. The van der Waals surface area contributed by atoms with Crippen molar-refractivity contribution in [2.75, 3.05) is 5.73 Å². The maximum Gasteiger partial charge on any atom is 0.264 e. The molecule has 78 valence electrons. The lowest BCUT2D eigenvalue weighted by molar-refractivity contribution is 0.150. The van der Waals surface area contributed by atoms with Gasteiger partial charge >= 0.3 is 0 Å². The minimum Gasteiger partial charge on any atom is -0.390 e. The lowest BCUT2D eigenvalue weighted by atomic mass is 10.1. The summed E-state index contributed by atoms with van der Waals surface area (Å²) in [6.45, 7) is -0.396. The SMILES string of the molecule is Nc1nc(CO)cc(C(F)F)c1CBr. The number of aliphatic hydroxyl groups is 1. The van der Waals surface area contributed by atoms with Gasteiger partial charge in [0.05, 0.1) is 12.3 Å². The summed E-state index contributed by atoms with van der Waals surface area (Å²) < 4.78 is 25.1. The summed E-state index contributed by atoms with van der Waals surface area (Å²) >= 11 is 3.06. The Bertz CT molecular complexity index is 333. The number of nitrogens with two attached hydrogens (primary N) is 1. The van der Waals surface area contributed by atoms with Crippen LogP contribution in [0.25, 0.3) is 0 Å². The van der Waals surface area contributed by atoms with Crippen LogP contribution in [0.2, 0.25) is 0 Å². The maximum atomic E-state index is 12.5. The molecule has 3 nitrogen and oxygen atoms in total. The van der Waals surface area contributed by atoms with Crippen LogP contribution in [0, 0.1) is 0 Å². The number of aliphatic hydroxyl groups excluding tert-OH is 1. The zero-order valence-corrected chi connectivity index (χ0v) is 8.76. The van der Waals surface area contributed by atoms with Gasteiger partial charge in [-0.25, -0.2) is 13.8 Å². The van der Waals surface area contributed by atoms with E-state index in [4.69, 9.17) is 10.8 Å². The molecule has 14 heavy (non-hydrogen) atoms. The molecule has 6 heteroatoms. The van der Waals surface area contributed by atoms with Gasteiger partial charge in [-0.3, -0.25) is 0 Å². The Morgan fingerprint density at radius 2 is 2.21 bits per heavy atom. The molecule has 0 saturated heterocycles. The number of rotatable bonds is 3. The molecule has 1 heterocycles. The van der Waals surface area contributed by atoms with Crippen molar-refractivity contribution in [3.8, 4) is 0 Å². The number of anilines is 1. The highest BCUT2D eigenvalue weighted by atomic mass is 79.9. The highest BCUT2D eigenvalue weighted by molar-refractivity contribution is 9.08. The predicted molar refractivity (Wildman–Crippen MR) is 52.2 cm³/mol. The Morgan fingerprint density at radius 3 is 2.64 bits per heavy atom. The van der Waals surface area contributed by atoms with E-state index in [1.807, 2.05) is 0 Å². The summed E-state index contributed by atoms with van der Waals surface area (Å²) in [7, 11) is 0. The molecule has 1 aromatic heterocycles. The van der Waals surface area contributed by atoms with Gasteiger partial charge in [0.1, 0.15) is 5.82 Å². The molecular formula is C8H9BrF2N2O. The Balaban J connectivity index is 3.28. The largest absolute Gasteiger partial charge is 0.390 e.